The van der Waals surface area contributed by atoms with Gasteiger partial charge in [-0.15, -0.1) is 0 Å². The van der Waals surface area contributed by atoms with E-state index >= 15 is 0 Å². The van der Waals surface area contributed by atoms with Gasteiger partial charge in [-0.2, -0.15) is 5.26 Å². The van der Waals surface area contributed by atoms with Gasteiger partial charge in [0.1, 0.15) is 5.82 Å². The van der Waals surface area contributed by atoms with Crippen molar-refractivity contribution in [3.8, 4) is 17.2 Å². The molecule has 3 aromatic rings. The van der Waals surface area contributed by atoms with Gasteiger partial charge in [0.2, 0.25) is 0 Å². The molecule has 2 aliphatic carbocycles. The lowest BCUT2D eigenvalue weighted by Crippen LogP contribution is -2.29. The number of hydrogen-bond acceptors (Lipinski definition) is 3. The Morgan fingerprint density at radius 3 is 2.24 bits per heavy atom. The van der Waals surface area contributed by atoms with Crippen molar-refractivity contribution in [1.82, 2.24) is 14.5 Å². The number of benzene rings is 2. The van der Waals surface area contributed by atoms with E-state index in [0.717, 1.165) is 54.5 Å². The van der Waals surface area contributed by atoms with E-state index < -0.39 is 0 Å². The molecule has 6 rings (SSSR count). The lowest BCUT2D eigenvalue weighted by molar-refractivity contribution is 0.269. The highest BCUT2D eigenvalue weighted by Gasteiger charge is 2.26. The highest BCUT2D eigenvalue weighted by atomic mass is 79.9. The molecule has 0 atom stereocenters. The molecule has 1 aliphatic heterocycles. The van der Waals surface area contributed by atoms with Crippen LogP contribution >= 0.6 is 15.9 Å². The Kier molecular flexibility index (Phi) is 8.22. The summed E-state index contributed by atoms with van der Waals surface area (Å²) in [6.45, 7) is 8.56. The van der Waals surface area contributed by atoms with E-state index in [-0.39, 0.29) is 0 Å². The molecule has 1 aromatic heterocycles. The fourth-order valence-corrected chi connectivity index (χ4v) is 4.92. The number of fused-ring (bicyclic) bond motifs is 3. The van der Waals surface area contributed by atoms with Crippen molar-refractivity contribution in [3.05, 3.63) is 53.9 Å². The maximum Gasteiger partial charge on any atom is 0.111 e. The SMILES string of the molecule is BrCC1CC1.CC.N#Cc1ccc(-c2ccc3c(c2)nc2n3CCN(CC3CC3)CC2)cc1. The van der Waals surface area contributed by atoms with Crippen LogP contribution in [0, 0.1) is 23.2 Å². The number of hydrogen-bond donors (Lipinski definition) is 0. The van der Waals surface area contributed by atoms with E-state index in [0.29, 0.717) is 5.56 Å². The number of halogens is 1. The number of aromatic nitrogens is 2. The minimum Gasteiger partial charge on any atom is -0.327 e. The molecule has 2 heterocycles. The maximum atomic E-state index is 8.96. The summed E-state index contributed by atoms with van der Waals surface area (Å²) in [6.07, 6.45) is 6.80. The second-order valence-electron chi connectivity index (χ2n) is 9.16. The van der Waals surface area contributed by atoms with Crippen LogP contribution in [0.3, 0.4) is 0 Å². The van der Waals surface area contributed by atoms with Gasteiger partial charge in [-0.05, 0) is 72.9 Å². The highest BCUT2D eigenvalue weighted by Crippen LogP contribution is 2.31. The largest absolute Gasteiger partial charge is 0.327 e. The molecule has 2 aromatic carbocycles. The van der Waals surface area contributed by atoms with E-state index in [1.807, 2.05) is 38.1 Å². The number of nitrogens with zero attached hydrogens (tertiary/aromatic N) is 4. The van der Waals surface area contributed by atoms with Gasteiger partial charge < -0.3 is 9.47 Å². The van der Waals surface area contributed by atoms with Gasteiger partial charge in [0.25, 0.3) is 0 Å². The monoisotopic (exact) mass is 506 g/mol. The summed E-state index contributed by atoms with van der Waals surface area (Å²) in [5, 5.41) is 10.2. The summed E-state index contributed by atoms with van der Waals surface area (Å²) in [6, 6.07) is 16.5. The summed E-state index contributed by atoms with van der Waals surface area (Å²) < 4.78 is 2.41. The Labute approximate surface area is 206 Å². The van der Waals surface area contributed by atoms with E-state index in [1.165, 1.54) is 48.9 Å². The van der Waals surface area contributed by atoms with Crippen LogP contribution in [0.15, 0.2) is 42.5 Å². The molecular formula is C28H35BrN4. The van der Waals surface area contributed by atoms with E-state index in [4.69, 9.17) is 10.2 Å². The zero-order chi connectivity index (χ0) is 23.2. The Bertz CT molecular complexity index is 1090. The Hall–Kier alpha value is -2.16. The van der Waals surface area contributed by atoms with Crippen molar-refractivity contribution in [1.29, 1.82) is 5.26 Å². The first-order valence-electron chi connectivity index (χ1n) is 12.5. The zero-order valence-electron chi connectivity index (χ0n) is 19.9. The number of rotatable bonds is 4. The summed E-state index contributed by atoms with van der Waals surface area (Å²) in [5.74, 6) is 3.22. The molecule has 2 fully saturated rings. The van der Waals surface area contributed by atoms with Gasteiger partial charge in [0.15, 0.2) is 0 Å². The fraction of sp³-hybridized carbons (Fsp3) is 0.500. The van der Waals surface area contributed by atoms with Crippen LogP contribution < -0.4 is 0 Å². The van der Waals surface area contributed by atoms with E-state index in [1.54, 1.807) is 0 Å². The van der Waals surface area contributed by atoms with Crippen LogP contribution in [-0.2, 0) is 13.0 Å². The average molecular weight is 508 g/mol. The third-order valence-electron chi connectivity index (χ3n) is 6.59. The van der Waals surface area contributed by atoms with Crippen LogP contribution in [0.5, 0.6) is 0 Å². The standard InChI is InChI=1S/C22H22N4.C4H7Br.C2H6/c23-14-16-3-5-18(6-4-16)19-7-8-21-20(13-19)24-22-9-10-25(11-12-26(21)22)15-17-1-2-17;5-3-4-1-2-4;1-2/h3-8,13,17H,1-2,9-12,15H2;4H,1-3H2;1-2H3. The van der Waals surface area contributed by atoms with Crippen molar-refractivity contribution >= 4 is 27.0 Å². The Morgan fingerprint density at radius 1 is 0.939 bits per heavy atom. The molecule has 174 valence electrons. The topological polar surface area (TPSA) is 44.9 Å². The predicted molar refractivity (Wildman–Crippen MR) is 141 cm³/mol. The molecule has 0 saturated heterocycles. The zero-order valence-corrected chi connectivity index (χ0v) is 21.5. The average Bonchev–Trinajstić information content (AvgIpc) is 3.79. The molecular weight excluding hydrogens is 472 g/mol. The minimum absolute atomic E-state index is 0.694. The number of imidazole rings is 1. The molecule has 3 aliphatic rings. The summed E-state index contributed by atoms with van der Waals surface area (Å²) in [5.41, 5.74) is 5.30. The van der Waals surface area contributed by atoms with E-state index in [9.17, 15) is 0 Å². The maximum absolute atomic E-state index is 8.96. The summed E-state index contributed by atoms with van der Waals surface area (Å²) in [7, 11) is 0. The first-order valence-corrected chi connectivity index (χ1v) is 13.6. The lowest BCUT2D eigenvalue weighted by Gasteiger charge is -2.18. The third-order valence-corrected chi connectivity index (χ3v) is 7.51. The van der Waals surface area contributed by atoms with Gasteiger partial charge in [0, 0.05) is 37.9 Å². The minimum atomic E-state index is 0.694. The Balaban J connectivity index is 0.000000324. The molecule has 0 amide bonds. The van der Waals surface area contributed by atoms with Crippen molar-refractivity contribution in [2.75, 3.05) is 25.0 Å². The molecule has 4 nitrogen and oxygen atoms in total. The van der Waals surface area contributed by atoms with Gasteiger partial charge in [-0.3, -0.25) is 0 Å². The third kappa shape index (κ3) is 6.25. The van der Waals surface area contributed by atoms with Crippen LogP contribution in [0.25, 0.3) is 22.2 Å². The Morgan fingerprint density at radius 2 is 1.64 bits per heavy atom. The molecule has 5 heteroatoms. The molecule has 33 heavy (non-hydrogen) atoms. The first kappa shape index (κ1) is 24.0. The van der Waals surface area contributed by atoms with Gasteiger partial charge >= 0.3 is 0 Å². The van der Waals surface area contributed by atoms with Crippen LogP contribution in [0.4, 0.5) is 0 Å². The highest BCUT2D eigenvalue weighted by molar-refractivity contribution is 9.09. The van der Waals surface area contributed by atoms with Crippen molar-refractivity contribution in [3.63, 3.8) is 0 Å². The van der Waals surface area contributed by atoms with Gasteiger partial charge in [-0.1, -0.05) is 48.0 Å². The van der Waals surface area contributed by atoms with Crippen molar-refractivity contribution in [2.24, 2.45) is 11.8 Å². The normalized spacial score (nSPS) is 17.6. The quantitative estimate of drug-likeness (QED) is 0.371. The summed E-state index contributed by atoms with van der Waals surface area (Å²) in [4.78, 5) is 7.56. The summed E-state index contributed by atoms with van der Waals surface area (Å²) >= 11 is 3.38. The molecule has 0 radical (unpaired) electrons. The van der Waals surface area contributed by atoms with Crippen LogP contribution in [-0.4, -0.2) is 39.4 Å². The second-order valence-corrected chi connectivity index (χ2v) is 9.81. The van der Waals surface area contributed by atoms with E-state index in [2.05, 4.69) is 49.7 Å². The molecule has 0 unspecified atom stereocenters. The molecule has 0 N–H and O–H groups in total. The van der Waals surface area contributed by atoms with Crippen molar-refractivity contribution in [2.45, 2.75) is 52.5 Å². The van der Waals surface area contributed by atoms with Crippen LogP contribution in [0.1, 0.15) is 50.9 Å². The van der Waals surface area contributed by atoms with Gasteiger partial charge in [0.05, 0.1) is 22.7 Å². The first-order chi connectivity index (χ1) is 16.2. The lowest BCUT2D eigenvalue weighted by atomic mass is 10.0. The van der Waals surface area contributed by atoms with Gasteiger partial charge in [-0.25, -0.2) is 4.98 Å². The smallest absolute Gasteiger partial charge is 0.111 e. The van der Waals surface area contributed by atoms with Crippen LogP contribution in [0.2, 0.25) is 0 Å². The molecule has 0 spiro atoms. The van der Waals surface area contributed by atoms with Crippen molar-refractivity contribution < 1.29 is 0 Å². The number of nitriles is 1. The number of alkyl halides is 1. The second kappa shape index (κ2) is 11.3. The fourth-order valence-electron chi connectivity index (χ4n) is 4.27. The molecule has 2 saturated carbocycles. The predicted octanol–water partition coefficient (Wildman–Crippen LogP) is 6.66. The molecule has 0 bridgehead atoms.